The molecule has 0 spiro atoms. The molecule has 0 saturated heterocycles. The van der Waals surface area contributed by atoms with Crippen LogP contribution in [0.1, 0.15) is 42.3 Å². The number of amides is 2. The Labute approximate surface area is 161 Å². The highest BCUT2D eigenvalue weighted by atomic mass is 16.5. The zero-order chi connectivity index (χ0) is 19.9. The number of para-hydroxylation sites is 1. The standard InChI is InChI=1S/C22H28N2O3/c1-22(2,3)18-11-9-17(10-12-18)21(26)24-15-20(25)23-14-13-16-7-5-6-8-19(16)27-4/h5-12H,13-15H2,1-4H3,(H,23,25)(H,24,26). The zero-order valence-electron chi connectivity index (χ0n) is 16.5. The molecule has 0 heterocycles. The van der Waals surface area contributed by atoms with Crippen LogP contribution in [0.25, 0.3) is 0 Å². The van der Waals surface area contributed by atoms with Crippen molar-refractivity contribution in [1.82, 2.24) is 10.6 Å². The number of hydrogen-bond donors (Lipinski definition) is 2. The van der Waals surface area contributed by atoms with Gasteiger partial charge in [0.2, 0.25) is 5.91 Å². The van der Waals surface area contributed by atoms with Crippen LogP contribution in [0.15, 0.2) is 48.5 Å². The number of nitrogens with one attached hydrogen (secondary N) is 2. The van der Waals surface area contributed by atoms with Gasteiger partial charge in [0, 0.05) is 12.1 Å². The third-order valence-corrected chi connectivity index (χ3v) is 4.33. The van der Waals surface area contributed by atoms with Gasteiger partial charge < -0.3 is 15.4 Å². The molecule has 5 heteroatoms. The molecule has 0 atom stereocenters. The van der Waals surface area contributed by atoms with E-state index in [4.69, 9.17) is 4.74 Å². The van der Waals surface area contributed by atoms with Gasteiger partial charge in [0.15, 0.2) is 0 Å². The fourth-order valence-corrected chi connectivity index (χ4v) is 2.69. The fraction of sp³-hybridized carbons (Fsp3) is 0.364. The van der Waals surface area contributed by atoms with Crippen molar-refractivity contribution < 1.29 is 14.3 Å². The van der Waals surface area contributed by atoms with Gasteiger partial charge in [-0.25, -0.2) is 0 Å². The molecule has 144 valence electrons. The van der Waals surface area contributed by atoms with Gasteiger partial charge in [-0.2, -0.15) is 0 Å². The highest BCUT2D eigenvalue weighted by Crippen LogP contribution is 2.22. The van der Waals surface area contributed by atoms with Crippen LogP contribution in [0.2, 0.25) is 0 Å². The van der Waals surface area contributed by atoms with E-state index >= 15 is 0 Å². The number of carbonyl (C=O) groups excluding carboxylic acids is 2. The van der Waals surface area contributed by atoms with Crippen molar-refractivity contribution in [3.05, 3.63) is 65.2 Å². The van der Waals surface area contributed by atoms with E-state index in [2.05, 4.69) is 31.4 Å². The van der Waals surface area contributed by atoms with Gasteiger partial charge >= 0.3 is 0 Å². The Morgan fingerprint density at radius 2 is 1.63 bits per heavy atom. The Hall–Kier alpha value is -2.82. The topological polar surface area (TPSA) is 67.4 Å². The van der Waals surface area contributed by atoms with Gasteiger partial charge in [-0.1, -0.05) is 51.1 Å². The molecule has 2 aromatic rings. The molecule has 0 saturated carbocycles. The van der Waals surface area contributed by atoms with Crippen LogP contribution in [0, 0.1) is 0 Å². The van der Waals surface area contributed by atoms with Crippen LogP contribution < -0.4 is 15.4 Å². The molecular weight excluding hydrogens is 340 g/mol. The van der Waals surface area contributed by atoms with E-state index < -0.39 is 0 Å². The van der Waals surface area contributed by atoms with Crippen LogP contribution in [0.3, 0.4) is 0 Å². The number of methoxy groups -OCH3 is 1. The third-order valence-electron chi connectivity index (χ3n) is 4.33. The van der Waals surface area contributed by atoms with Crippen molar-refractivity contribution in [2.45, 2.75) is 32.6 Å². The van der Waals surface area contributed by atoms with E-state index in [0.29, 0.717) is 18.5 Å². The molecule has 0 unspecified atom stereocenters. The average Bonchev–Trinajstić information content (AvgIpc) is 2.66. The normalized spacial score (nSPS) is 11.0. The van der Waals surface area contributed by atoms with Crippen molar-refractivity contribution in [2.75, 3.05) is 20.2 Å². The van der Waals surface area contributed by atoms with Crippen LogP contribution in [-0.4, -0.2) is 32.0 Å². The number of hydrogen-bond acceptors (Lipinski definition) is 3. The van der Waals surface area contributed by atoms with E-state index in [9.17, 15) is 9.59 Å². The number of benzene rings is 2. The predicted octanol–water partition coefficient (Wildman–Crippen LogP) is 3.08. The van der Waals surface area contributed by atoms with Crippen molar-refractivity contribution >= 4 is 11.8 Å². The number of rotatable bonds is 7. The van der Waals surface area contributed by atoms with Crippen LogP contribution in [-0.2, 0) is 16.6 Å². The smallest absolute Gasteiger partial charge is 0.251 e. The summed E-state index contributed by atoms with van der Waals surface area (Å²) in [5, 5.41) is 5.46. The van der Waals surface area contributed by atoms with E-state index in [1.165, 1.54) is 0 Å². The zero-order valence-corrected chi connectivity index (χ0v) is 16.5. The molecule has 2 N–H and O–H groups in total. The molecule has 0 aliphatic carbocycles. The molecule has 2 aromatic carbocycles. The molecule has 5 nitrogen and oxygen atoms in total. The first kappa shape index (κ1) is 20.5. The van der Waals surface area contributed by atoms with Gasteiger partial charge in [0.25, 0.3) is 5.91 Å². The Morgan fingerprint density at radius 1 is 0.963 bits per heavy atom. The lowest BCUT2D eigenvalue weighted by molar-refractivity contribution is -0.120. The summed E-state index contributed by atoms with van der Waals surface area (Å²) in [6.07, 6.45) is 0.665. The maximum Gasteiger partial charge on any atom is 0.251 e. The predicted molar refractivity (Wildman–Crippen MR) is 107 cm³/mol. The van der Waals surface area contributed by atoms with E-state index in [0.717, 1.165) is 16.9 Å². The van der Waals surface area contributed by atoms with E-state index in [1.807, 2.05) is 36.4 Å². The minimum absolute atomic E-state index is 0.0380. The van der Waals surface area contributed by atoms with E-state index in [1.54, 1.807) is 19.2 Å². The largest absolute Gasteiger partial charge is 0.496 e. The second kappa shape index (κ2) is 9.21. The molecule has 27 heavy (non-hydrogen) atoms. The molecule has 2 amide bonds. The van der Waals surface area contributed by atoms with Crippen molar-refractivity contribution in [2.24, 2.45) is 0 Å². The molecular formula is C22H28N2O3. The molecule has 2 rings (SSSR count). The first-order valence-electron chi connectivity index (χ1n) is 9.08. The van der Waals surface area contributed by atoms with Crippen molar-refractivity contribution in [3.63, 3.8) is 0 Å². The quantitative estimate of drug-likeness (QED) is 0.789. The summed E-state index contributed by atoms with van der Waals surface area (Å²) < 4.78 is 5.29. The van der Waals surface area contributed by atoms with Gasteiger partial charge in [-0.15, -0.1) is 0 Å². The summed E-state index contributed by atoms with van der Waals surface area (Å²) in [4.78, 5) is 24.1. The Balaban J connectivity index is 1.77. The number of ether oxygens (including phenoxy) is 1. The highest BCUT2D eigenvalue weighted by Gasteiger charge is 2.14. The lowest BCUT2D eigenvalue weighted by Gasteiger charge is -2.19. The maximum absolute atomic E-state index is 12.2. The number of carbonyl (C=O) groups is 2. The molecule has 0 radical (unpaired) electrons. The average molecular weight is 368 g/mol. The summed E-state index contributed by atoms with van der Waals surface area (Å²) in [5.74, 6) is 0.332. The second-order valence-electron chi connectivity index (χ2n) is 7.42. The monoisotopic (exact) mass is 368 g/mol. The lowest BCUT2D eigenvalue weighted by Crippen LogP contribution is -2.37. The Morgan fingerprint density at radius 3 is 2.26 bits per heavy atom. The summed E-state index contributed by atoms with van der Waals surface area (Å²) in [5.41, 5.74) is 2.78. The Kier molecular flexibility index (Phi) is 6.99. The molecule has 0 aromatic heterocycles. The Bertz CT molecular complexity index is 777. The second-order valence-corrected chi connectivity index (χ2v) is 7.42. The summed E-state index contributed by atoms with van der Waals surface area (Å²) >= 11 is 0. The summed E-state index contributed by atoms with van der Waals surface area (Å²) in [6, 6.07) is 15.2. The van der Waals surface area contributed by atoms with Gasteiger partial charge in [-0.05, 0) is 41.2 Å². The SMILES string of the molecule is COc1ccccc1CCNC(=O)CNC(=O)c1ccc(C(C)(C)C)cc1. The van der Waals surface area contributed by atoms with Crippen LogP contribution in [0.4, 0.5) is 0 Å². The van der Waals surface area contributed by atoms with Crippen LogP contribution >= 0.6 is 0 Å². The third kappa shape index (κ3) is 6.13. The lowest BCUT2D eigenvalue weighted by atomic mass is 9.87. The van der Waals surface area contributed by atoms with Gasteiger partial charge in [0.05, 0.1) is 13.7 Å². The minimum atomic E-state index is -0.254. The van der Waals surface area contributed by atoms with Crippen molar-refractivity contribution in [3.8, 4) is 5.75 Å². The first-order chi connectivity index (χ1) is 12.8. The van der Waals surface area contributed by atoms with Crippen LogP contribution in [0.5, 0.6) is 5.75 Å². The summed E-state index contributed by atoms with van der Waals surface area (Å²) in [6.45, 7) is 6.80. The molecule has 0 aliphatic rings. The highest BCUT2D eigenvalue weighted by molar-refractivity contribution is 5.96. The maximum atomic E-state index is 12.2. The molecule has 0 fully saturated rings. The molecule has 0 bridgehead atoms. The fourth-order valence-electron chi connectivity index (χ4n) is 2.69. The van der Waals surface area contributed by atoms with E-state index in [-0.39, 0.29) is 23.8 Å². The minimum Gasteiger partial charge on any atom is -0.496 e. The molecule has 0 aliphatic heterocycles. The van der Waals surface area contributed by atoms with Gasteiger partial charge in [-0.3, -0.25) is 9.59 Å². The summed E-state index contributed by atoms with van der Waals surface area (Å²) in [7, 11) is 1.63. The van der Waals surface area contributed by atoms with Gasteiger partial charge in [0.1, 0.15) is 5.75 Å². The first-order valence-corrected chi connectivity index (χ1v) is 9.08. The van der Waals surface area contributed by atoms with Crippen molar-refractivity contribution in [1.29, 1.82) is 0 Å².